The van der Waals surface area contributed by atoms with Crippen molar-refractivity contribution in [2.24, 2.45) is 7.05 Å². The third kappa shape index (κ3) is 2.01. The van der Waals surface area contributed by atoms with E-state index < -0.39 is 0 Å². The average Bonchev–Trinajstić information content (AvgIpc) is 2.75. The first kappa shape index (κ1) is 10.9. The second kappa shape index (κ2) is 4.52. The van der Waals surface area contributed by atoms with Gasteiger partial charge in [0.1, 0.15) is 0 Å². The standard InChI is InChI=1S/C14H18N2/c1-4-11(2)12-5-7-13(8-6-12)14-9-10-15-16(14)3/h5-11H,4H2,1-3H3. The Balaban J connectivity index is 2.30. The van der Waals surface area contributed by atoms with Crippen LogP contribution in [0, 0.1) is 0 Å². The summed E-state index contributed by atoms with van der Waals surface area (Å²) in [6, 6.07) is 10.8. The minimum atomic E-state index is 0.639. The van der Waals surface area contributed by atoms with Crippen LogP contribution in [-0.4, -0.2) is 9.78 Å². The molecule has 1 aromatic carbocycles. The lowest BCUT2D eigenvalue weighted by Crippen LogP contribution is -1.94. The molecule has 2 nitrogen and oxygen atoms in total. The number of nitrogens with zero attached hydrogens (tertiary/aromatic N) is 2. The Bertz CT molecular complexity index is 454. The fourth-order valence-corrected chi connectivity index (χ4v) is 1.88. The summed E-state index contributed by atoms with van der Waals surface area (Å²) in [6.45, 7) is 4.48. The molecule has 1 atom stereocenters. The van der Waals surface area contributed by atoms with Gasteiger partial charge in [0.25, 0.3) is 0 Å². The van der Waals surface area contributed by atoms with Gasteiger partial charge >= 0.3 is 0 Å². The summed E-state index contributed by atoms with van der Waals surface area (Å²) in [7, 11) is 1.97. The van der Waals surface area contributed by atoms with Crippen molar-refractivity contribution in [3.8, 4) is 11.3 Å². The van der Waals surface area contributed by atoms with E-state index in [9.17, 15) is 0 Å². The van der Waals surface area contributed by atoms with E-state index in [0.717, 1.165) is 5.69 Å². The van der Waals surface area contributed by atoms with Gasteiger partial charge < -0.3 is 0 Å². The van der Waals surface area contributed by atoms with Gasteiger partial charge in [-0.15, -0.1) is 0 Å². The lowest BCUT2D eigenvalue weighted by atomic mass is 9.97. The first-order valence-electron chi connectivity index (χ1n) is 5.80. The molecule has 1 heterocycles. The zero-order valence-corrected chi connectivity index (χ0v) is 10.1. The van der Waals surface area contributed by atoms with Gasteiger partial charge in [-0.05, 0) is 29.5 Å². The van der Waals surface area contributed by atoms with E-state index in [1.807, 2.05) is 24.0 Å². The summed E-state index contributed by atoms with van der Waals surface area (Å²) < 4.78 is 1.90. The van der Waals surface area contributed by atoms with Crippen LogP contribution in [0.15, 0.2) is 36.5 Å². The summed E-state index contributed by atoms with van der Waals surface area (Å²) >= 11 is 0. The summed E-state index contributed by atoms with van der Waals surface area (Å²) in [5, 5.41) is 4.18. The molecular formula is C14H18N2. The van der Waals surface area contributed by atoms with Crippen LogP contribution in [-0.2, 0) is 7.05 Å². The quantitative estimate of drug-likeness (QED) is 0.763. The lowest BCUT2D eigenvalue weighted by molar-refractivity contribution is 0.733. The monoisotopic (exact) mass is 214 g/mol. The number of aryl methyl sites for hydroxylation is 1. The Labute approximate surface area is 96.9 Å². The molecule has 0 aliphatic heterocycles. The van der Waals surface area contributed by atoms with Gasteiger partial charge in [0.2, 0.25) is 0 Å². The normalized spacial score (nSPS) is 12.7. The Morgan fingerprint density at radius 2 is 1.88 bits per heavy atom. The number of aromatic nitrogens is 2. The minimum Gasteiger partial charge on any atom is -0.268 e. The number of hydrogen-bond acceptors (Lipinski definition) is 1. The largest absolute Gasteiger partial charge is 0.268 e. The third-order valence-electron chi connectivity index (χ3n) is 3.21. The Kier molecular flexibility index (Phi) is 3.09. The summed E-state index contributed by atoms with van der Waals surface area (Å²) in [5.74, 6) is 0.639. The first-order chi connectivity index (χ1) is 7.72. The van der Waals surface area contributed by atoms with E-state index in [4.69, 9.17) is 0 Å². The second-order valence-corrected chi connectivity index (χ2v) is 4.27. The van der Waals surface area contributed by atoms with Crippen molar-refractivity contribution in [3.05, 3.63) is 42.1 Å². The molecule has 0 bridgehead atoms. The predicted molar refractivity (Wildman–Crippen MR) is 67.4 cm³/mol. The molecule has 2 rings (SSSR count). The molecule has 0 saturated heterocycles. The van der Waals surface area contributed by atoms with Gasteiger partial charge in [-0.3, -0.25) is 4.68 Å². The molecule has 0 fully saturated rings. The van der Waals surface area contributed by atoms with Crippen LogP contribution in [0.25, 0.3) is 11.3 Å². The molecule has 0 amide bonds. The molecule has 0 aliphatic rings. The topological polar surface area (TPSA) is 17.8 Å². The zero-order chi connectivity index (χ0) is 11.5. The smallest absolute Gasteiger partial charge is 0.0678 e. The highest BCUT2D eigenvalue weighted by Crippen LogP contribution is 2.23. The maximum Gasteiger partial charge on any atom is 0.0678 e. The van der Waals surface area contributed by atoms with Crippen molar-refractivity contribution in [3.63, 3.8) is 0 Å². The van der Waals surface area contributed by atoms with Crippen molar-refractivity contribution in [1.82, 2.24) is 9.78 Å². The SMILES string of the molecule is CCC(C)c1ccc(-c2ccnn2C)cc1. The van der Waals surface area contributed by atoms with Gasteiger partial charge in [0, 0.05) is 13.2 Å². The molecule has 0 aliphatic carbocycles. The van der Waals surface area contributed by atoms with E-state index in [1.54, 1.807) is 0 Å². The highest BCUT2D eigenvalue weighted by Gasteiger charge is 2.05. The highest BCUT2D eigenvalue weighted by molar-refractivity contribution is 5.59. The molecule has 1 unspecified atom stereocenters. The van der Waals surface area contributed by atoms with E-state index in [2.05, 4.69) is 43.2 Å². The van der Waals surface area contributed by atoms with Crippen LogP contribution in [0.3, 0.4) is 0 Å². The van der Waals surface area contributed by atoms with Crippen molar-refractivity contribution in [1.29, 1.82) is 0 Å². The molecule has 0 saturated carbocycles. The lowest BCUT2D eigenvalue weighted by Gasteiger charge is -2.09. The maximum atomic E-state index is 4.18. The third-order valence-corrected chi connectivity index (χ3v) is 3.21. The molecule has 0 radical (unpaired) electrons. The molecule has 0 N–H and O–H groups in total. The predicted octanol–water partition coefficient (Wildman–Crippen LogP) is 3.60. The molecule has 2 heteroatoms. The molecule has 0 spiro atoms. The van der Waals surface area contributed by atoms with E-state index in [-0.39, 0.29) is 0 Å². The fraction of sp³-hybridized carbons (Fsp3) is 0.357. The summed E-state index contributed by atoms with van der Waals surface area (Å²) in [4.78, 5) is 0. The van der Waals surface area contributed by atoms with E-state index in [1.165, 1.54) is 17.5 Å². The number of benzene rings is 1. The van der Waals surface area contributed by atoms with Crippen molar-refractivity contribution < 1.29 is 0 Å². The van der Waals surface area contributed by atoms with Gasteiger partial charge in [-0.25, -0.2) is 0 Å². The van der Waals surface area contributed by atoms with Crippen molar-refractivity contribution >= 4 is 0 Å². The zero-order valence-electron chi connectivity index (χ0n) is 10.1. The van der Waals surface area contributed by atoms with E-state index in [0.29, 0.717) is 5.92 Å². The van der Waals surface area contributed by atoms with Crippen LogP contribution in [0.1, 0.15) is 31.7 Å². The van der Waals surface area contributed by atoms with Gasteiger partial charge in [-0.1, -0.05) is 38.1 Å². The highest BCUT2D eigenvalue weighted by atomic mass is 15.2. The maximum absolute atomic E-state index is 4.18. The van der Waals surface area contributed by atoms with Gasteiger partial charge in [0.05, 0.1) is 5.69 Å². The van der Waals surface area contributed by atoms with Crippen LogP contribution < -0.4 is 0 Å². The van der Waals surface area contributed by atoms with Crippen LogP contribution in [0.4, 0.5) is 0 Å². The fourth-order valence-electron chi connectivity index (χ4n) is 1.88. The van der Waals surface area contributed by atoms with Crippen LogP contribution in [0.5, 0.6) is 0 Å². The van der Waals surface area contributed by atoms with Crippen LogP contribution >= 0.6 is 0 Å². The Hall–Kier alpha value is -1.57. The Morgan fingerprint density at radius 3 is 2.38 bits per heavy atom. The molecule has 2 aromatic rings. The Morgan fingerprint density at radius 1 is 1.19 bits per heavy atom. The molecule has 1 aromatic heterocycles. The minimum absolute atomic E-state index is 0.639. The molecular weight excluding hydrogens is 196 g/mol. The van der Waals surface area contributed by atoms with E-state index >= 15 is 0 Å². The second-order valence-electron chi connectivity index (χ2n) is 4.27. The van der Waals surface area contributed by atoms with Gasteiger partial charge in [-0.2, -0.15) is 5.10 Å². The summed E-state index contributed by atoms with van der Waals surface area (Å²) in [5.41, 5.74) is 3.80. The molecule has 16 heavy (non-hydrogen) atoms. The van der Waals surface area contributed by atoms with Gasteiger partial charge in [0.15, 0.2) is 0 Å². The molecule has 84 valence electrons. The van der Waals surface area contributed by atoms with Crippen molar-refractivity contribution in [2.75, 3.05) is 0 Å². The average molecular weight is 214 g/mol. The summed E-state index contributed by atoms with van der Waals surface area (Å²) in [6.07, 6.45) is 3.02. The van der Waals surface area contributed by atoms with Crippen molar-refractivity contribution in [2.45, 2.75) is 26.2 Å². The number of rotatable bonds is 3. The number of hydrogen-bond donors (Lipinski definition) is 0. The first-order valence-corrected chi connectivity index (χ1v) is 5.80. The van der Waals surface area contributed by atoms with Crippen LogP contribution in [0.2, 0.25) is 0 Å².